The van der Waals surface area contributed by atoms with E-state index in [1.165, 1.54) is 17.2 Å². The second-order valence-electron chi connectivity index (χ2n) is 12.0. The van der Waals surface area contributed by atoms with E-state index < -0.39 is 45.6 Å². The van der Waals surface area contributed by atoms with Crippen LogP contribution in [-0.2, 0) is 11.2 Å². The van der Waals surface area contributed by atoms with Gasteiger partial charge in [-0.25, -0.2) is 14.2 Å². The number of hydrogen-bond donors (Lipinski definition) is 2. The molecule has 7 nitrogen and oxygen atoms in total. The molecule has 2 aromatic rings. The number of pyridine rings is 2. The standard InChI is InChI=1S/C27H35ClFN3O4/c1-24(2,3)21-26(7,25(4,5)6)32(23(35)36)14-12-27(21,22(33)34)15-18-20(29)16(11-13-30-18)17-9-8-10-19(28)31-17/h8-11,13,21H,12,14-15H2,1-7H3,(H,33,34)(H,35,36)/t21?,26-,27-/m1/s1. The SMILES string of the molecule is CC(C)(C)C1[C@@](Cc2nccc(-c3cccc(Cl)n3)c2F)(C(=O)O)CCN(C(=O)O)[C@@]1(C)C(C)(C)C. The van der Waals surface area contributed by atoms with Crippen LogP contribution in [0.1, 0.15) is 60.6 Å². The number of hydrogen-bond acceptors (Lipinski definition) is 4. The van der Waals surface area contributed by atoms with Crippen LogP contribution in [0.5, 0.6) is 0 Å². The zero-order valence-electron chi connectivity index (χ0n) is 21.9. The molecule has 3 atom stereocenters. The van der Waals surface area contributed by atoms with Crippen molar-refractivity contribution in [1.29, 1.82) is 0 Å². The molecule has 0 bridgehead atoms. The smallest absolute Gasteiger partial charge is 0.407 e. The Hall–Kier alpha value is -2.74. The van der Waals surface area contributed by atoms with Crippen molar-refractivity contribution in [2.75, 3.05) is 6.54 Å². The van der Waals surface area contributed by atoms with Gasteiger partial charge in [-0.15, -0.1) is 0 Å². The first-order chi connectivity index (χ1) is 16.5. The summed E-state index contributed by atoms with van der Waals surface area (Å²) >= 11 is 6.01. The summed E-state index contributed by atoms with van der Waals surface area (Å²) in [4.78, 5) is 35.4. The Labute approximate surface area is 216 Å². The highest BCUT2D eigenvalue weighted by molar-refractivity contribution is 6.29. The third kappa shape index (κ3) is 4.56. The van der Waals surface area contributed by atoms with Gasteiger partial charge in [-0.05, 0) is 42.4 Å². The maximum absolute atomic E-state index is 15.9. The second-order valence-corrected chi connectivity index (χ2v) is 12.4. The minimum Gasteiger partial charge on any atom is -0.481 e. The lowest BCUT2D eigenvalue weighted by molar-refractivity contribution is -0.188. The molecule has 2 N–H and O–H groups in total. The van der Waals surface area contributed by atoms with Crippen LogP contribution in [0.3, 0.4) is 0 Å². The van der Waals surface area contributed by atoms with Crippen LogP contribution in [0, 0.1) is 28.0 Å². The van der Waals surface area contributed by atoms with E-state index in [1.54, 1.807) is 18.2 Å². The van der Waals surface area contributed by atoms with Gasteiger partial charge in [0.1, 0.15) is 5.15 Å². The van der Waals surface area contributed by atoms with Crippen molar-refractivity contribution in [3.05, 3.63) is 47.1 Å². The topological polar surface area (TPSA) is 104 Å². The van der Waals surface area contributed by atoms with Gasteiger partial charge in [-0.2, -0.15) is 0 Å². The highest BCUT2D eigenvalue weighted by Gasteiger charge is 2.66. The van der Waals surface area contributed by atoms with Crippen molar-refractivity contribution in [2.24, 2.45) is 22.2 Å². The number of carboxylic acids is 1. The Kier molecular flexibility index (Phi) is 7.18. The Balaban J connectivity index is 2.25. The van der Waals surface area contributed by atoms with Crippen LogP contribution in [0.15, 0.2) is 30.5 Å². The van der Waals surface area contributed by atoms with Crippen molar-refractivity contribution in [2.45, 2.75) is 66.8 Å². The van der Waals surface area contributed by atoms with Crippen LogP contribution in [0.4, 0.5) is 9.18 Å². The van der Waals surface area contributed by atoms with E-state index in [2.05, 4.69) is 9.97 Å². The summed E-state index contributed by atoms with van der Waals surface area (Å²) in [6.07, 6.45) is 0.180. The van der Waals surface area contributed by atoms with Gasteiger partial charge in [0, 0.05) is 30.6 Å². The Morgan fingerprint density at radius 1 is 1.17 bits per heavy atom. The third-order valence-corrected chi connectivity index (χ3v) is 8.14. The molecule has 0 saturated carbocycles. The minimum atomic E-state index is -1.47. The van der Waals surface area contributed by atoms with E-state index in [4.69, 9.17) is 11.6 Å². The number of rotatable bonds is 4. The largest absolute Gasteiger partial charge is 0.481 e. The van der Waals surface area contributed by atoms with Gasteiger partial charge in [0.25, 0.3) is 0 Å². The van der Waals surface area contributed by atoms with Crippen LogP contribution in [-0.4, -0.2) is 49.2 Å². The number of aliphatic carboxylic acids is 1. The number of nitrogens with zero attached hydrogens (tertiary/aromatic N) is 3. The molecule has 1 fully saturated rings. The highest BCUT2D eigenvalue weighted by Crippen LogP contribution is 2.60. The van der Waals surface area contributed by atoms with Gasteiger partial charge >= 0.3 is 12.1 Å². The molecule has 196 valence electrons. The first-order valence-corrected chi connectivity index (χ1v) is 12.3. The van der Waals surface area contributed by atoms with Crippen LogP contribution < -0.4 is 0 Å². The van der Waals surface area contributed by atoms with Gasteiger partial charge in [0.15, 0.2) is 5.82 Å². The molecule has 3 heterocycles. The van der Waals surface area contributed by atoms with Crippen molar-refractivity contribution in [3.63, 3.8) is 0 Å². The van der Waals surface area contributed by atoms with Gasteiger partial charge in [0.2, 0.25) is 0 Å². The summed E-state index contributed by atoms with van der Waals surface area (Å²) in [6, 6.07) is 6.36. The quantitative estimate of drug-likeness (QED) is 0.453. The Morgan fingerprint density at radius 3 is 2.31 bits per heavy atom. The molecule has 1 saturated heterocycles. The normalized spacial score (nSPS) is 25.0. The molecule has 3 rings (SSSR count). The summed E-state index contributed by atoms with van der Waals surface area (Å²) in [6.45, 7) is 13.4. The molecule has 1 unspecified atom stereocenters. The molecule has 0 spiro atoms. The molecule has 36 heavy (non-hydrogen) atoms. The molecule has 0 radical (unpaired) electrons. The molecule has 1 aliphatic rings. The van der Waals surface area contributed by atoms with Crippen molar-refractivity contribution >= 4 is 23.7 Å². The first kappa shape index (κ1) is 27.8. The number of aromatic nitrogens is 2. The summed E-state index contributed by atoms with van der Waals surface area (Å²) in [5.41, 5.74) is -3.31. The number of halogens is 2. The monoisotopic (exact) mass is 519 g/mol. The summed E-state index contributed by atoms with van der Waals surface area (Å²) in [7, 11) is 0. The van der Waals surface area contributed by atoms with Gasteiger partial charge in [-0.1, -0.05) is 59.2 Å². The van der Waals surface area contributed by atoms with Crippen LogP contribution >= 0.6 is 11.6 Å². The van der Waals surface area contributed by atoms with E-state index in [0.29, 0.717) is 5.69 Å². The molecule has 1 amide bonds. The fourth-order valence-electron chi connectivity index (χ4n) is 6.35. The maximum Gasteiger partial charge on any atom is 0.407 e. The molecule has 0 aromatic carbocycles. The van der Waals surface area contributed by atoms with E-state index in [-0.39, 0.29) is 35.8 Å². The van der Waals surface area contributed by atoms with E-state index in [9.17, 15) is 19.8 Å². The van der Waals surface area contributed by atoms with E-state index >= 15 is 4.39 Å². The minimum absolute atomic E-state index is 0.00552. The van der Waals surface area contributed by atoms with Crippen molar-refractivity contribution < 1.29 is 24.2 Å². The Morgan fingerprint density at radius 2 is 1.81 bits per heavy atom. The van der Waals surface area contributed by atoms with E-state index in [0.717, 1.165) is 0 Å². The average molecular weight is 520 g/mol. The number of amides is 1. The fourth-order valence-corrected chi connectivity index (χ4v) is 6.51. The zero-order chi connectivity index (χ0) is 27.3. The molecule has 0 aliphatic carbocycles. The van der Waals surface area contributed by atoms with Crippen molar-refractivity contribution in [3.8, 4) is 11.3 Å². The lowest BCUT2D eigenvalue weighted by atomic mass is 9.47. The maximum atomic E-state index is 15.9. The number of likely N-dealkylation sites (tertiary alicyclic amines) is 1. The van der Waals surface area contributed by atoms with Gasteiger partial charge < -0.3 is 15.1 Å². The fraction of sp³-hybridized carbons (Fsp3) is 0.556. The first-order valence-electron chi connectivity index (χ1n) is 12.0. The van der Waals surface area contributed by atoms with Crippen LogP contribution in [0.2, 0.25) is 5.15 Å². The van der Waals surface area contributed by atoms with Gasteiger partial charge in [0.05, 0.1) is 22.3 Å². The molecular weight excluding hydrogens is 485 g/mol. The molecule has 9 heteroatoms. The second kappa shape index (κ2) is 9.29. The van der Waals surface area contributed by atoms with Crippen molar-refractivity contribution in [1.82, 2.24) is 14.9 Å². The van der Waals surface area contributed by atoms with Crippen LogP contribution in [0.25, 0.3) is 11.3 Å². The third-order valence-electron chi connectivity index (χ3n) is 7.93. The predicted octanol–water partition coefficient (Wildman–Crippen LogP) is 6.40. The van der Waals surface area contributed by atoms with E-state index in [1.807, 2.05) is 48.5 Å². The average Bonchev–Trinajstić information content (AvgIpc) is 2.73. The lowest BCUT2D eigenvalue weighted by Crippen LogP contribution is -2.72. The Bertz CT molecular complexity index is 1180. The summed E-state index contributed by atoms with van der Waals surface area (Å²) in [5, 5.41) is 21.1. The summed E-state index contributed by atoms with van der Waals surface area (Å²) < 4.78 is 15.9. The highest BCUT2D eigenvalue weighted by atomic mass is 35.5. The molecular formula is C27H35ClFN3O4. The predicted molar refractivity (Wildman–Crippen MR) is 136 cm³/mol. The zero-order valence-corrected chi connectivity index (χ0v) is 22.6. The molecule has 2 aromatic heterocycles. The molecule has 1 aliphatic heterocycles. The number of carboxylic acid groups (broad SMARTS) is 2. The van der Waals surface area contributed by atoms with Gasteiger partial charge in [-0.3, -0.25) is 9.78 Å². The summed E-state index contributed by atoms with van der Waals surface area (Å²) in [5.74, 6) is -2.41. The lowest BCUT2D eigenvalue weighted by Gasteiger charge is -2.64. The number of carbonyl (C=O) groups is 2. The number of piperidine rings is 1.